The van der Waals surface area contributed by atoms with E-state index in [1.165, 1.54) is 6.20 Å². The van der Waals surface area contributed by atoms with Crippen LogP contribution in [-0.2, 0) is 0 Å². The van der Waals surface area contributed by atoms with Crippen LogP contribution in [0.25, 0.3) is 11.5 Å². The van der Waals surface area contributed by atoms with Crippen LogP contribution < -0.4 is 0 Å². The van der Waals surface area contributed by atoms with Crippen LogP contribution in [0.1, 0.15) is 0 Å². The summed E-state index contributed by atoms with van der Waals surface area (Å²) in [5.41, 5.74) is 0.469. The average molecular weight is 181 g/mol. The quantitative estimate of drug-likeness (QED) is 0.529. The Hall–Kier alpha value is -2.25. The molecule has 2 aromatic heterocycles. The molecule has 1 N–H and O–H groups in total. The van der Waals surface area contributed by atoms with E-state index in [9.17, 15) is 10.1 Å². The molecule has 0 saturated heterocycles. The summed E-state index contributed by atoms with van der Waals surface area (Å²) < 4.78 is 4.34. The lowest BCUT2D eigenvalue weighted by atomic mass is 10.4. The number of aromatic nitrogens is 4. The second-order valence-electron chi connectivity index (χ2n) is 2.13. The van der Waals surface area contributed by atoms with Crippen LogP contribution >= 0.6 is 0 Å². The highest BCUT2D eigenvalue weighted by atomic mass is 16.7. The normalized spacial score (nSPS) is 10.2. The SMILES string of the molecule is O=[N+]([O-])c1nc(-c2ccn[nH]2)no1. The molecule has 0 spiro atoms. The van der Waals surface area contributed by atoms with Crippen molar-refractivity contribution in [1.29, 1.82) is 0 Å². The molecule has 0 amide bonds. The van der Waals surface area contributed by atoms with E-state index in [0.717, 1.165) is 0 Å². The van der Waals surface area contributed by atoms with Crippen molar-refractivity contribution in [2.24, 2.45) is 0 Å². The van der Waals surface area contributed by atoms with Gasteiger partial charge in [0.05, 0.1) is 0 Å². The smallest absolute Gasteiger partial charge is 0.355 e. The van der Waals surface area contributed by atoms with E-state index < -0.39 is 10.9 Å². The maximum absolute atomic E-state index is 10.2. The predicted molar refractivity (Wildman–Crippen MR) is 38.5 cm³/mol. The van der Waals surface area contributed by atoms with Gasteiger partial charge in [-0.25, -0.2) is 0 Å². The van der Waals surface area contributed by atoms with Gasteiger partial charge in [0.1, 0.15) is 5.69 Å². The molecule has 8 heteroatoms. The first-order valence-corrected chi connectivity index (χ1v) is 3.25. The zero-order valence-corrected chi connectivity index (χ0v) is 6.17. The molecule has 0 aromatic carbocycles. The molecule has 8 nitrogen and oxygen atoms in total. The fourth-order valence-corrected chi connectivity index (χ4v) is 0.779. The molecular formula is C5H3N5O3. The van der Waals surface area contributed by atoms with Gasteiger partial charge in [0.2, 0.25) is 0 Å². The Labute approximate surface area is 70.7 Å². The molecule has 0 bridgehead atoms. The molecule has 2 heterocycles. The highest BCUT2D eigenvalue weighted by molar-refractivity contribution is 5.47. The standard InChI is InChI=1S/C5H3N5O3/c11-10(12)5-7-4(9-13-5)3-1-2-6-8-3/h1-2H,(H,6,8). The summed E-state index contributed by atoms with van der Waals surface area (Å²) in [6, 6.07) is 0.943. The predicted octanol–water partition coefficient (Wildman–Crippen LogP) is 0.368. The van der Waals surface area contributed by atoms with E-state index in [1.807, 2.05) is 0 Å². The van der Waals surface area contributed by atoms with Gasteiger partial charge in [-0.3, -0.25) is 9.62 Å². The highest BCUT2D eigenvalue weighted by Crippen LogP contribution is 2.14. The molecule has 2 aromatic rings. The summed E-state index contributed by atoms with van der Waals surface area (Å²) in [7, 11) is 0. The maximum atomic E-state index is 10.2. The first-order chi connectivity index (χ1) is 6.27. The summed E-state index contributed by atoms with van der Waals surface area (Å²) in [5, 5.41) is 19.7. The second kappa shape index (κ2) is 2.66. The third-order valence-corrected chi connectivity index (χ3v) is 1.31. The molecule has 0 fully saturated rings. The van der Waals surface area contributed by atoms with Crippen LogP contribution in [0.3, 0.4) is 0 Å². The Morgan fingerprint density at radius 2 is 2.46 bits per heavy atom. The summed E-state index contributed by atoms with van der Waals surface area (Å²) in [4.78, 5) is 12.9. The number of H-pyrrole nitrogens is 1. The van der Waals surface area contributed by atoms with Crippen LogP contribution in [0.5, 0.6) is 0 Å². The van der Waals surface area contributed by atoms with Gasteiger partial charge < -0.3 is 10.1 Å². The molecule has 0 aliphatic rings. The average Bonchev–Trinajstić information content (AvgIpc) is 2.75. The highest BCUT2D eigenvalue weighted by Gasteiger charge is 2.20. The van der Waals surface area contributed by atoms with Gasteiger partial charge in [-0.2, -0.15) is 5.10 Å². The van der Waals surface area contributed by atoms with E-state index in [4.69, 9.17) is 0 Å². The number of hydrogen-bond acceptors (Lipinski definition) is 6. The van der Waals surface area contributed by atoms with Gasteiger partial charge in [0, 0.05) is 16.1 Å². The Bertz CT molecular complexity index is 419. The van der Waals surface area contributed by atoms with E-state index in [2.05, 4.69) is 24.9 Å². The topological polar surface area (TPSA) is 111 Å². The summed E-state index contributed by atoms with van der Waals surface area (Å²) in [5.74, 6) is 0.115. The number of aromatic amines is 1. The van der Waals surface area contributed by atoms with E-state index in [0.29, 0.717) is 5.69 Å². The fourth-order valence-electron chi connectivity index (χ4n) is 0.779. The van der Waals surface area contributed by atoms with Crippen LogP contribution in [-0.4, -0.2) is 25.3 Å². The Morgan fingerprint density at radius 1 is 1.62 bits per heavy atom. The monoisotopic (exact) mass is 181 g/mol. The first kappa shape index (κ1) is 7.40. The number of nitro groups is 1. The van der Waals surface area contributed by atoms with E-state index in [1.54, 1.807) is 6.07 Å². The van der Waals surface area contributed by atoms with Crippen molar-refractivity contribution in [3.8, 4) is 11.5 Å². The molecule has 2 rings (SSSR count). The first-order valence-electron chi connectivity index (χ1n) is 3.25. The van der Waals surface area contributed by atoms with Crippen molar-refractivity contribution in [2.45, 2.75) is 0 Å². The second-order valence-corrected chi connectivity index (χ2v) is 2.13. The molecule has 66 valence electrons. The molecule has 0 atom stereocenters. The van der Waals surface area contributed by atoms with Crippen LogP contribution in [0.15, 0.2) is 16.8 Å². The van der Waals surface area contributed by atoms with E-state index in [-0.39, 0.29) is 5.82 Å². The molecule has 0 saturated carbocycles. The lowest BCUT2D eigenvalue weighted by Gasteiger charge is -1.78. The van der Waals surface area contributed by atoms with Gasteiger partial charge in [-0.05, 0) is 11.2 Å². The van der Waals surface area contributed by atoms with Gasteiger partial charge in [-0.15, -0.1) is 0 Å². The minimum atomic E-state index is -0.757. The zero-order chi connectivity index (χ0) is 9.26. The van der Waals surface area contributed by atoms with Crippen LogP contribution in [0.4, 0.5) is 6.01 Å². The number of nitrogens with one attached hydrogen (secondary N) is 1. The Kier molecular flexibility index (Phi) is 1.51. The van der Waals surface area contributed by atoms with Crippen molar-refractivity contribution in [3.63, 3.8) is 0 Å². The molecular weight excluding hydrogens is 178 g/mol. The van der Waals surface area contributed by atoms with Crippen LogP contribution in [0.2, 0.25) is 0 Å². The summed E-state index contributed by atoms with van der Waals surface area (Å²) in [6.07, 6.45) is 1.48. The fraction of sp³-hybridized carbons (Fsp3) is 0. The molecule has 0 aliphatic heterocycles. The summed E-state index contributed by atoms with van der Waals surface area (Å²) >= 11 is 0. The zero-order valence-electron chi connectivity index (χ0n) is 6.17. The van der Waals surface area contributed by atoms with Gasteiger partial charge in [0.25, 0.3) is 0 Å². The molecule has 0 radical (unpaired) electrons. The lowest BCUT2D eigenvalue weighted by molar-refractivity contribution is -0.408. The minimum absolute atomic E-state index is 0.115. The number of rotatable bonds is 2. The Morgan fingerprint density at radius 3 is 3.00 bits per heavy atom. The van der Waals surface area contributed by atoms with E-state index >= 15 is 0 Å². The van der Waals surface area contributed by atoms with Crippen molar-refractivity contribution in [1.82, 2.24) is 20.3 Å². The third-order valence-electron chi connectivity index (χ3n) is 1.31. The number of hydrogen-bond donors (Lipinski definition) is 1. The molecule has 13 heavy (non-hydrogen) atoms. The molecule has 0 aliphatic carbocycles. The van der Waals surface area contributed by atoms with Crippen molar-refractivity contribution < 1.29 is 9.45 Å². The lowest BCUT2D eigenvalue weighted by Crippen LogP contribution is -1.87. The molecule has 0 unspecified atom stereocenters. The Balaban J connectivity index is 2.39. The summed E-state index contributed by atoms with van der Waals surface area (Å²) in [6.45, 7) is 0. The van der Waals surface area contributed by atoms with Crippen LogP contribution in [0, 0.1) is 10.1 Å². The maximum Gasteiger partial charge on any atom is 0.569 e. The van der Waals surface area contributed by atoms with Crippen molar-refractivity contribution in [3.05, 3.63) is 22.4 Å². The third kappa shape index (κ3) is 1.24. The van der Waals surface area contributed by atoms with Gasteiger partial charge >= 0.3 is 11.8 Å². The van der Waals surface area contributed by atoms with Crippen molar-refractivity contribution >= 4 is 6.01 Å². The largest absolute Gasteiger partial charge is 0.569 e. The number of nitrogens with zero attached hydrogens (tertiary/aromatic N) is 4. The van der Waals surface area contributed by atoms with Gasteiger partial charge in [0.15, 0.2) is 0 Å². The van der Waals surface area contributed by atoms with Crippen molar-refractivity contribution in [2.75, 3.05) is 0 Å². The van der Waals surface area contributed by atoms with Gasteiger partial charge in [-0.1, -0.05) is 0 Å². The minimum Gasteiger partial charge on any atom is -0.355 e.